The Kier molecular flexibility index (Phi) is 3.43. The van der Waals surface area contributed by atoms with Crippen molar-refractivity contribution in [2.45, 2.75) is 44.4 Å². The minimum atomic E-state index is -4.38. The highest BCUT2D eigenvalue weighted by Crippen LogP contribution is 2.39. The summed E-state index contributed by atoms with van der Waals surface area (Å²) < 4.78 is 37.7. The van der Waals surface area contributed by atoms with E-state index < -0.39 is 17.3 Å². The number of carbonyl (C=O) groups is 1. The standard InChI is InChI=1S/C14H15F3O2/c1-9-8-10(14(15,16)17)2-3-12(9)13(19)6-4-11(18)5-7-13/h2-3,8,19H,4-7H2,1H3. The number of aryl methyl sites for hydroxylation is 1. The van der Waals surface area contributed by atoms with Crippen LogP contribution in [0.4, 0.5) is 13.2 Å². The van der Waals surface area contributed by atoms with Gasteiger partial charge in [0.15, 0.2) is 0 Å². The third kappa shape index (κ3) is 2.81. The Bertz CT molecular complexity index is 496. The number of rotatable bonds is 1. The fraction of sp³-hybridized carbons (Fsp3) is 0.500. The molecule has 2 nitrogen and oxygen atoms in total. The van der Waals surface area contributed by atoms with Gasteiger partial charge in [-0.05, 0) is 43.0 Å². The second-order valence-electron chi connectivity index (χ2n) is 5.10. The van der Waals surface area contributed by atoms with Gasteiger partial charge in [-0.15, -0.1) is 0 Å². The molecule has 0 spiro atoms. The number of aliphatic hydroxyl groups is 1. The Labute approximate surface area is 109 Å². The molecule has 0 amide bonds. The minimum Gasteiger partial charge on any atom is -0.385 e. The van der Waals surface area contributed by atoms with Gasteiger partial charge in [0.25, 0.3) is 0 Å². The summed E-state index contributed by atoms with van der Waals surface area (Å²) in [5.41, 5.74) is -0.994. The van der Waals surface area contributed by atoms with Crippen molar-refractivity contribution in [3.63, 3.8) is 0 Å². The molecule has 0 saturated heterocycles. The first-order valence-electron chi connectivity index (χ1n) is 6.15. The van der Waals surface area contributed by atoms with E-state index in [2.05, 4.69) is 0 Å². The molecule has 104 valence electrons. The molecule has 0 radical (unpaired) electrons. The van der Waals surface area contributed by atoms with Crippen LogP contribution in [0.25, 0.3) is 0 Å². The van der Waals surface area contributed by atoms with Crippen molar-refractivity contribution in [2.75, 3.05) is 0 Å². The summed E-state index contributed by atoms with van der Waals surface area (Å²) in [5.74, 6) is 0.0919. The summed E-state index contributed by atoms with van der Waals surface area (Å²) in [6.45, 7) is 1.55. The van der Waals surface area contributed by atoms with E-state index in [0.29, 0.717) is 11.1 Å². The number of ketones is 1. The van der Waals surface area contributed by atoms with Crippen LogP contribution in [0.3, 0.4) is 0 Å². The SMILES string of the molecule is Cc1cc(C(F)(F)F)ccc1C1(O)CCC(=O)CC1. The summed E-state index contributed by atoms with van der Waals surface area (Å²) in [4.78, 5) is 11.2. The normalized spacial score (nSPS) is 19.5. The Morgan fingerprint density at radius 2 is 1.79 bits per heavy atom. The average molecular weight is 272 g/mol. The summed E-state index contributed by atoms with van der Waals surface area (Å²) in [5, 5.41) is 10.5. The first-order valence-corrected chi connectivity index (χ1v) is 6.15. The number of alkyl halides is 3. The maximum atomic E-state index is 12.6. The lowest BCUT2D eigenvalue weighted by molar-refractivity contribution is -0.137. The van der Waals surface area contributed by atoms with Crippen LogP contribution in [0.2, 0.25) is 0 Å². The molecule has 1 fully saturated rings. The molecule has 5 heteroatoms. The predicted molar refractivity (Wildman–Crippen MR) is 63.6 cm³/mol. The van der Waals surface area contributed by atoms with E-state index in [0.717, 1.165) is 12.1 Å². The number of hydrogen-bond acceptors (Lipinski definition) is 2. The number of benzene rings is 1. The summed E-state index contributed by atoms with van der Waals surface area (Å²) in [7, 11) is 0. The largest absolute Gasteiger partial charge is 0.416 e. The van der Waals surface area contributed by atoms with Gasteiger partial charge in [0.2, 0.25) is 0 Å². The highest BCUT2D eigenvalue weighted by atomic mass is 19.4. The molecule has 1 aliphatic carbocycles. The molecule has 1 aromatic rings. The van der Waals surface area contributed by atoms with Crippen molar-refractivity contribution < 1.29 is 23.1 Å². The lowest BCUT2D eigenvalue weighted by Crippen LogP contribution is -2.32. The van der Waals surface area contributed by atoms with Gasteiger partial charge in [-0.3, -0.25) is 4.79 Å². The predicted octanol–water partition coefficient (Wildman–Crippen LogP) is 3.34. The van der Waals surface area contributed by atoms with Crippen LogP contribution in [-0.4, -0.2) is 10.9 Å². The molecular weight excluding hydrogens is 257 g/mol. The fourth-order valence-corrected chi connectivity index (χ4v) is 2.57. The van der Waals surface area contributed by atoms with Crippen LogP contribution in [0, 0.1) is 6.92 Å². The van der Waals surface area contributed by atoms with Gasteiger partial charge in [-0.1, -0.05) is 6.07 Å². The van der Waals surface area contributed by atoms with E-state index in [9.17, 15) is 23.1 Å². The monoisotopic (exact) mass is 272 g/mol. The van der Waals surface area contributed by atoms with E-state index in [1.807, 2.05) is 0 Å². The second-order valence-corrected chi connectivity index (χ2v) is 5.10. The van der Waals surface area contributed by atoms with Gasteiger partial charge in [0.1, 0.15) is 5.78 Å². The van der Waals surface area contributed by atoms with E-state index in [1.165, 1.54) is 6.07 Å². The molecule has 0 heterocycles. The van der Waals surface area contributed by atoms with Crippen LogP contribution in [-0.2, 0) is 16.6 Å². The molecule has 1 aliphatic rings. The van der Waals surface area contributed by atoms with Gasteiger partial charge < -0.3 is 5.11 Å². The average Bonchev–Trinajstić information content (AvgIpc) is 2.32. The van der Waals surface area contributed by atoms with Crippen molar-refractivity contribution in [1.29, 1.82) is 0 Å². The lowest BCUT2D eigenvalue weighted by atomic mass is 9.77. The minimum absolute atomic E-state index is 0.0919. The van der Waals surface area contributed by atoms with Gasteiger partial charge in [-0.2, -0.15) is 13.2 Å². The van der Waals surface area contributed by atoms with Crippen molar-refractivity contribution in [1.82, 2.24) is 0 Å². The molecule has 0 atom stereocenters. The quantitative estimate of drug-likeness (QED) is 0.851. The van der Waals surface area contributed by atoms with Gasteiger partial charge in [-0.25, -0.2) is 0 Å². The molecular formula is C14H15F3O2. The number of carbonyl (C=O) groups excluding carboxylic acids is 1. The van der Waals surface area contributed by atoms with Crippen LogP contribution in [0.5, 0.6) is 0 Å². The van der Waals surface area contributed by atoms with E-state index in [4.69, 9.17) is 0 Å². The maximum absolute atomic E-state index is 12.6. The lowest BCUT2D eigenvalue weighted by Gasteiger charge is -2.33. The molecule has 0 unspecified atom stereocenters. The zero-order valence-electron chi connectivity index (χ0n) is 10.5. The number of Topliss-reactive ketones (excluding diaryl/α,β-unsaturated/α-hetero) is 1. The third-order valence-corrected chi connectivity index (χ3v) is 3.69. The first kappa shape index (κ1) is 14.1. The summed E-state index contributed by atoms with van der Waals surface area (Å²) in [6, 6.07) is 3.36. The molecule has 1 N–H and O–H groups in total. The Morgan fingerprint density at radius 3 is 2.26 bits per heavy atom. The number of hydrogen-bond donors (Lipinski definition) is 1. The zero-order valence-corrected chi connectivity index (χ0v) is 10.5. The van der Waals surface area contributed by atoms with E-state index >= 15 is 0 Å². The molecule has 0 bridgehead atoms. The molecule has 0 aromatic heterocycles. The highest BCUT2D eigenvalue weighted by molar-refractivity contribution is 5.79. The van der Waals surface area contributed by atoms with Crippen LogP contribution >= 0.6 is 0 Å². The fourth-order valence-electron chi connectivity index (χ4n) is 2.57. The van der Waals surface area contributed by atoms with Gasteiger partial charge in [0, 0.05) is 12.8 Å². The van der Waals surface area contributed by atoms with Gasteiger partial charge in [0.05, 0.1) is 11.2 Å². The van der Waals surface area contributed by atoms with Crippen molar-refractivity contribution >= 4 is 5.78 Å². The molecule has 0 aliphatic heterocycles. The third-order valence-electron chi connectivity index (χ3n) is 3.69. The maximum Gasteiger partial charge on any atom is 0.416 e. The smallest absolute Gasteiger partial charge is 0.385 e. The molecule has 19 heavy (non-hydrogen) atoms. The van der Waals surface area contributed by atoms with Crippen LogP contribution in [0.15, 0.2) is 18.2 Å². The molecule has 1 saturated carbocycles. The van der Waals surface area contributed by atoms with E-state index in [1.54, 1.807) is 6.92 Å². The Morgan fingerprint density at radius 1 is 1.21 bits per heavy atom. The summed E-state index contributed by atoms with van der Waals surface area (Å²) in [6.07, 6.45) is -3.28. The van der Waals surface area contributed by atoms with E-state index in [-0.39, 0.29) is 31.5 Å². The van der Waals surface area contributed by atoms with Crippen LogP contribution in [0.1, 0.15) is 42.4 Å². The second kappa shape index (κ2) is 4.63. The van der Waals surface area contributed by atoms with Crippen molar-refractivity contribution in [2.24, 2.45) is 0 Å². The van der Waals surface area contributed by atoms with Crippen molar-refractivity contribution in [3.05, 3.63) is 34.9 Å². The Hall–Kier alpha value is -1.36. The Balaban J connectivity index is 2.33. The molecule has 2 rings (SSSR count). The topological polar surface area (TPSA) is 37.3 Å². The van der Waals surface area contributed by atoms with Crippen molar-refractivity contribution in [3.8, 4) is 0 Å². The van der Waals surface area contributed by atoms with Gasteiger partial charge >= 0.3 is 6.18 Å². The zero-order chi connectivity index (χ0) is 14.3. The first-order chi connectivity index (χ1) is 8.72. The highest BCUT2D eigenvalue weighted by Gasteiger charge is 2.37. The van der Waals surface area contributed by atoms with Crippen LogP contribution < -0.4 is 0 Å². The molecule has 1 aromatic carbocycles. The summed E-state index contributed by atoms with van der Waals surface area (Å²) >= 11 is 0. The number of halogens is 3.